The lowest BCUT2D eigenvalue weighted by molar-refractivity contribution is 0.0828. The third-order valence-corrected chi connectivity index (χ3v) is 4.62. The van der Waals surface area contributed by atoms with Gasteiger partial charge in [-0.25, -0.2) is 0 Å². The van der Waals surface area contributed by atoms with E-state index >= 15 is 0 Å². The molecule has 0 spiro atoms. The van der Waals surface area contributed by atoms with Gasteiger partial charge in [-0.05, 0) is 43.1 Å². The SMILES string of the molecule is Cc1c(C(=O)NNC(=O)c2ccncc2)oc2c1/C(=N\NC(N)=S)CC(C)(C)C2. The first-order valence-corrected chi connectivity index (χ1v) is 9.34. The molecule has 5 N–H and O–H groups in total. The number of pyridine rings is 1. The van der Waals surface area contributed by atoms with Gasteiger partial charge in [0.2, 0.25) is 0 Å². The van der Waals surface area contributed by atoms with Crippen molar-refractivity contribution in [2.75, 3.05) is 0 Å². The fraction of sp³-hybridized carbons (Fsp3) is 0.316. The molecule has 0 atom stereocenters. The number of furan rings is 1. The van der Waals surface area contributed by atoms with E-state index in [0.717, 1.165) is 5.56 Å². The molecule has 1 aliphatic carbocycles. The highest BCUT2D eigenvalue weighted by atomic mass is 32.1. The van der Waals surface area contributed by atoms with E-state index in [1.807, 2.05) is 0 Å². The van der Waals surface area contributed by atoms with Gasteiger partial charge in [0.05, 0.1) is 5.71 Å². The van der Waals surface area contributed by atoms with Crippen LogP contribution in [0.5, 0.6) is 0 Å². The van der Waals surface area contributed by atoms with Crippen LogP contribution in [0.25, 0.3) is 0 Å². The number of nitrogens with two attached hydrogens (primary N) is 1. The number of amides is 2. The zero-order valence-electron chi connectivity index (χ0n) is 16.3. The van der Waals surface area contributed by atoms with Crippen LogP contribution in [0.15, 0.2) is 34.0 Å². The molecule has 2 heterocycles. The summed E-state index contributed by atoms with van der Waals surface area (Å²) in [5.41, 5.74) is 15.2. The van der Waals surface area contributed by atoms with Crippen LogP contribution in [0.2, 0.25) is 0 Å². The second-order valence-electron chi connectivity index (χ2n) is 7.55. The number of nitrogens with zero attached hydrogens (tertiary/aromatic N) is 2. The summed E-state index contributed by atoms with van der Waals surface area (Å²) in [6.45, 7) is 5.94. The van der Waals surface area contributed by atoms with Gasteiger partial charge in [0.15, 0.2) is 10.9 Å². The molecular weight excluding hydrogens is 392 g/mol. The zero-order valence-corrected chi connectivity index (χ0v) is 17.1. The summed E-state index contributed by atoms with van der Waals surface area (Å²) in [6.07, 6.45) is 4.29. The van der Waals surface area contributed by atoms with E-state index in [9.17, 15) is 9.59 Å². The Bertz CT molecular complexity index is 997. The molecule has 2 aromatic heterocycles. The van der Waals surface area contributed by atoms with E-state index in [1.54, 1.807) is 6.92 Å². The maximum Gasteiger partial charge on any atom is 0.305 e. The predicted molar refractivity (Wildman–Crippen MR) is 111 cm³/mol. The molecule has 0 aromatic carbocycles. The van der Waals surface area contributed by atoms with Crippen molar-refractivity contribution in [1.82, 2.24) is 21.3 Å². The number of nitrogens with one attached hydrogen (secondary N) is 3. The molecule has 0 bridgehead atoms. The molecule has 9 nitrogen and oxygen atoms in total. The van der Waals surface area contributed by atoms with Gasteiger partial charge < -0.3 is 10.2 Å². The van der Waals surface area contributed by atoms with Gasteiger partial charge in [0.25, 0.3) is 5.91 Å². The molecule has 3 rings (SSSR count). The fourth-order valence-electron chi connectivity index (χ4n) is 3.29. The van der Waals surface area contributed by atoms with Crippen molar-refractivity contribution in [3.8, 4) is 0 Å². The lowest BCUT2D eigenvalue weighted by Crippen LogP contribution is -2.41. The molecule has 1 aliphatic rings. The molecule has 2 amide bonds. The van der Waals surface area contributed by atoms with Crippen LogP contribution in [-0.2, 0) is 6.42 Å². The first-order chi connectivity index (χ1) is 13.7. The monoisotopic (exact) mass is 414 g/mol. The normalized spacial score (nSPS) is 16.0. The smallest absolute Gasteiger partial charge is 0.305 e. The second kappa shape index (κ2) is 8.00. The summed E-state index contributed by atoms with van der Waals surface area (Å²) >= 11 is 4.83. The summed E-state index contributed by atoms with van der Waals surface area (Å²) in [7, 11) is 0. The van der Waals surface area contributed by atoms with Crippen molar-refractivity contribution >= 4 is 34.9 Å². The van der Waals surface area contributed by atoms with Crippen LogP contribution in [-0.4, -0.2) is 27.6 Å². The third-order valence-electron chi connectivity index (χ3n) is 4.53. The standard InChI is InChI=1S/C19H22N6O3S/c1-10-14-12(22-25-18(20)29)8-19(2,3)9-13(14)28-15(10)17(27)24-23-16(26)11-4-6-21-7-5-11/h4-7H,8-9H2,1-3H3,(H,23,26)(H,24,27)(H3,20,25,29)/b22-12-. The minimum absolute atomic E-state index is 0.0559. The minimum atomic E-state index is -0.557. The number of thiocarbonyl (C=S) groups is 1. The molecule has 0 saturated heterocycles. The summed E-state index contributed by atoms with van der Waals surface area (Å²) in [4.78, 5) is 28.6. The molecular formula is C19H22N6O3S. The Balaban J connectivity index is 1.83. The lowest BCUT2D eigenvalue weighted by Gasteiger charge is -2.29. The number of carbonyl (C=O) groups excluding carboxylic acids is 2. The second-order valence-corrected chi connectivity index (χ2v) is 7.99. The molecule has 152 valence electrons. The summed E-state index contributed by atoms with van der Waals surface area (Å²) in [5.74, 6) is -0.240. The topological polar surface area (TPSA) is 135 Å². The van der Waals surface area contributed by atoms with E-state index in [2.05, 4.69) is 40.2 Å². The van der Waals surface area contributed by atoms with Crippen molar-refractivity contribution in [3.05, 3.63) is 52.7 Å². The number of fused-ring (bicyclic) bond motifs is 1. The average molecular weight is 414 g/mol. The van der Waals surface area contributed by atoms with Crippen LogP contribution in [0.1, 0.15) is 58.1 Å². The van der Waals surface area contributed by atoms with E-state index < -0.39 is 11.8 Å². The minimum Gasteiger partial charge on any atom is -0.455 e. The Morgan fingerprint density at radius 3 is 2.52 bits per heavy atom. The van der Waals surface area contributed by atoms with Crippen LogP contribution in [0, 0.1) is 12.3 Å². The quantitative estimate of drug-likeness (QED) is 0.442. The largest absolute Gasteiger partial charge is 0.455 e. The molecule has 0 unspecified atom stereocenters. The van der Waals surface area contributed by atoms with Crippen molar-refractivity contribution in [2.45, 2.75) is 33.6 Å². The summed E-state index contributed by atoms with van der Waals surface area (Å²) in [5, 5.41) is 4.36. The van der Waals surface area contributed by atoms with Gasteiger partial charge in [-0.15, -0.1) is 0 Å². The number of hydrazone groups is 1. The van der Waals surface area contributed by atoms with Crippen molar-refractivity contribution in [2.24, 2.45) is 16.3 Å². The molecule has 0 fully saturated rings. The van der Waals surface area contributed by atoms with Crippen molar-refractivity contribution < 1.29 is 14.0 Å². The Morgan fingerprint density at radius 1 is 1.21 bits per heavy atom. The van der Waals surface area contributed by atoms with E-state index in [-0.39, 0.29) is 16.3 Å². The number of carbonyl (C=O) groups is 2. The summed E-state index contributed by atoms with van der Waals surface area (Å²) < 4.78 is 5.86. The fourth-order valence-corrected chi connectivity index (χ4v) is 3.34. The molecule has 29 heavy (non-hydrogen) atoms. The molecule has 2 aromatic rings. The number of hydrogen-bond acceptors (Lipinski definition) is 6. The van der Waals surface area contributed by atoms with E-state index in [4.69, 9.17) is 22.4 Å². The van der Waals surface area contributed by atoms with Gasteiger partial charge in [0.1, 0.15) is 5.76 Å². The Kier molecular flexibility index (Phi) is 5.64. The maximum absolute atomic E-state index is 12.6. The van der Waals surface area contributed by atoms with Crippen molar-refractivity contribution in [3.63, 3.8) is 0 Å². The van der Waals surface area contributed by atoms with Gasteiger partial charge in [-0.2, -0.15) is 5.10 Å². The first-order valence-electron chi connectivity index (χ1n) is 8.93. The van der Waals surface area contributed by atoms with Crippen LogP contribution in [0.4, 0.5) is 0 Å². The highest BCUT2D eigenvalue weighted by molar-refractivity contribution is 7.80. The third kappa shape index (κ3) is 4.60. The molecule has 10 heteroatoms. The Labute approximate surface area is 173 Å². The number of aromatic nitrogens is 1. The summed E-state index contributed by atoms with van der Waals surface area (Å²) in [6, 6.07) is 3.08. The number of hydrazine groups is 1. The first kappa shape index (κ1) is 20.5. The average Bonchev–Trinajstić information content (AvgIpc) is 2.99. The maximum atomic E-state index is 12.6. The highest BCUT2D eigenvalue weighted by Gasteiger charge is 2.36. The van der Waals surface area contributed by atoms with Crippen LogP contribution >= 0.6 is 12.2 Å². The zero-order chi connectivity index (χ0) is 21.2. The van der Waals surface area contributed by atoms with Gasteiger partial charge >= 0.3 is 5.91 Å². The Morgan fingerprint density at radius 2 is 1.86 bits per heavy atom. The van der Waals surface area contributed by atoms with Crippen LogP contribution in [0.3, 0.4) is 0 Å². The number of hydrogen-bond donors (Lipinski definition) is 4. The molecule has 0 saturated carbocycles. The number of rotatable bonds is 3. The molecule has 0 radical (unpaired) electrons. The van der Waals surface area contributed by atoms with Gasteiger partial charge in [-0.1, -0.05) is 13.8 Å². The van der Waals surface area contributed by atoms with Gasteiger partial charge in [0, 0.05) is 35.5 Å². The Hall–Kier alpha value is -3.27. The van der Waals surface area contributed by atoms with E-state index in [1.165, 1.54) is 24.5 Å². The lowest BCUT2D eigenvalue weighted by atomic mass is 9.75. The van der Waals surface area contributed by atoms with Crippen molar-refractivity contribution in [1.29, 1.82) is 0 Å². The predicted octanol–water partition coefficient (Wildman–Crippen LogP) is 1.57. The van der Waals surface area contributed by atoms with E-state index in [0.29, 0.717) is 35.4 Å². The highest BCUT2D eigenvalue weighted by Crippen LogP contribution is 2.38. The van der Waals surface area contributed by atoms with Crippen LogP contribution < -0.4 is 22.0 Å². The van der Waals surface area contributed by atoms with Gasteiger partial charge in [-0.3, -0.25) is 30.9 Å². The molecule has 0 aliphatic heterocycles.